The molecule has 1 aromatic heterocycles. The van der Waals surface area contributed by atoms with Crippen LogP contribution in [0.1, 0.15) is 5.56 Å². The van der Waals surface area contributed by atoms with Crippen LogP contribution < -0.4 is 0 Å². The van der Waals surface area contributed by atoms with Crippen molar-refractivity contribution < 1.29 is 0 Å². The first kappa shape index (κ1) is 10.7. The molecule has 0 aliphatic rings. The normalized spacial score (nSPS) is 10.3. The highest BCUT2D eigenvalue weighted by atomic mass is 79.9. The zero-order valence-corrected chi connectivity index (χ0v) is 10.4. The van der Waals surface area contributed by atoms with E-state index in [9.17, 15) is 0 Å². The molecule has 2 nitrogen and oxygen atoms in total. The van der Waals surface area contributed by atoms with Gasteiger partial charge in [-0.25, -0.2) is 0 Å². The average molecular weight is 302 g/mol. The molecule has 0 saturated heterocycles. The second kappa shape index (κ2) is 3.97. The van der Waals surface area contributed by atoms with Crippen LogP contribution in [0, 0.1) is 11.3 Å². The molecule has 0 atom stereocenters. The summed E-state index contributed by atoms with van der Waals surface area (Å²) in [5.74, 6) is 0. The summed E-state index contributed by atoms with van der Waals surface area (Å²) in [5.41, 5.74) is 0.982. The molecular formula is C10H3BrCl2N2. The quantitative estimate of drug-likeness (QED) is 0.732. The van der Waals surface area contributed by atoms with Crippen molar-refractivity contribution >= 4 is 50.0 Å². The smallest absolute Gasteiger partial charge is 0.102 e. The van der Waals surface area contributed by atoms with Crippen molar-refractivity contribution in [1.82, 2.24) is 4.98 Å². The molecular weight excluding hydrogens is 299 g/mol. The van der Waals surface area contributed by atoms with Crippen molar-refractivity contribution in [3.63, 3.8) is 0 Å². The summed E-state index contributed by atoms with van der Waals surface area (Å²) in [7, 11) is 0. The zero-order valence-electron chi connectivity index (χ0n) is 7.26. The van der Waals surface area contributed by atoms with Gasteiger partial charge in [0.25, 0.3) is 0 Å². The molecule has 0 spiro atoms. The predicted molar refractivity (Wildman–Crippen MR) is 64.2 cm³/mol. The minimum atomic E-state index is 0.323. The van der Waals surface area contributed by atoms with Crippen LogP contribution in [0.3, 0.4) is 0 Å². The van der Waals surface area contributed by atoms with Gasteiger partial charge in [0, 0.05) is 16.1 Å². The maximum atomic E-state index is 8.81. The van der Waals surface area contributed by atoms with Gasteiger partial charge in [0.15, 0.2) is 0 Å². The van der Waals surface area contributed by atoms with E-state index in [1.807, 2.05) is 6.07 Å². The van der Waals surface area contributed by atoms with Crippen LogP contribution in [0.4, 0.5) is 0 Å². The second-order valence-electron chi connectivity index (χ2n) is 2.85. The molecule has 0 fully saturated rings. The van der Waals surface area contributed by atoms with Gasteiger partial charge in [-0.15, -0.1) is 0 Å². The van der Waals surface area contributed by atoms with Crippen LogP contribution in [0.15, 0.2) is 22.8 Å². The number of nitrogens with zero attached hydrogens (tertiary/aromatic N) is 2. The van der Waals surface area contributed by atoms with Crippen molar-refractivity contribution in [3.05, 3.63) is 38.4 Å². The standard InChI is InChI=1S/C10H3BrCl2N2/c11-6-1-2-7(12)8-9(13)5(3-14)4-15-10(6)8/h1-2,4H. The van der Waals surface area contributed by atoms with E-state index in [4.69, 9.17) is 28.5 Å². The summed E-state index contributed by atoms with van der Waals surface area (Å²) < 4.78 is 0.799. The first-order valence-electron chi connectivity index (χ1n) is 3.97. The fourth-order valence-electron chi connectivity index (χ4n) is 1.27. The molecule has 0 N–H and O–H groups in total. The van der Waals surface area contributed by atoms with Gasteiger partial charge in [-0.2, -0.15) is 5.26 Å². The Morgan fingerprint density at radius 2 is 2.07 bits per heavy atom. The Morgan fingerprint density at radius 1 is 1.33 bits per heavy atom. The topological polar surface area (TPSA) is 36.7 Å². The number of nitriles is 1. The highest BCUT2D eigenvalue weighted by Gasteiger charge is 2.11. The van der Waals surface area contributed by atoms with Crippen LogP contribution >= 0.6 is 39.1 Å². The molecule has 5 heteroatoms. The summed E-state index contributed by atoms with van der Waals surface area (Å²) in [6.07, 6.45) is 1.44. The van der Waals surface area contributed by atoms with E-state index in [1.54, 1.807) is 12.1 Å². The van der Waals surface area contributed by atoms with Gasteiger partial charge in [-0.3, -0.25) is 4.98 Å². The van der Waals surface area contributed by atoms with E-state index < -0.39 is 0 Å². The largest absolute Gasteiger partial charge is 0.254 e. The van der Waals surface area contributed by atoms with E-state index >= 15 is 0 Å². The molecule has 0 aliphatic heterocycles. The van der Waals surface area contributed by atoms with Gasteiger partial charge < -0.3 is 0 Å². The number of halogens is 3. The third-order valence-electron chi connectivity index (χ3n) is 1.98. The summed E-state index contributed by atoms with van der Waals surface area (Å²) in [4.78, 5) is 4.13. The Balaban J connectivity index is 3.00. The number of fused-ring (bicyclic) bond motifs is 1. The Hall–Kier alpha value is -0.820. The van der Waals surface area contributed by atoms with Crippen LogP contribution in [0.2, 0.25) is 10.0 Å². The maximum Gasteiger partial charge on any atom is 0.102 e. The molecule has 0 aliphatic carbocycles. The first-order chi connectivity index (χ1) is 7.15. The Labute approximate surface area is 105 Å². The van der Waals surface area contributed by atoms with E-state index in [1.165, 1.54) is 6.20 Å². The second-order valence-corrected chi connectivity index (χ2v) is 4.49. The van der Waals surface area contributed by atoms with E-state index in [0.29, 0.717) is 26.5 Å². The minimum Gasteiger partial charge on any atom is -0.254 e. The lowest BCUT2D eigenvalue weighted by molar-refractivity contribution is 1.36. The van der Waals surface area contributed by atoms with Crippen molar-refractivity contribution in [2.45, 2.75) is 0 Å². The SMILES string of the molecule is N#Cc1cnc2c(Br)ccc(Cl)c2c1Cl. The Kier molecular flexibility index (Phi) is 2.83. The number of hydrogen-bond donors (Lipinski definition) is 0. The third-order valence-corrected chi connectivity index (χ3v) is 3.32. The fraction of sp³-hybridized carbons (Fsp3) is 0. The van der Waals surface area contributed by atoms with Crippen molar-refractivity contribution in [2.24, 2.45) is 0 Å². The number of benzene rings is 1. The van der Waals surface area contributed by atoms with Crippen LogP contribution in [-0.4, -0.2) is 4.98 Å². The number of pyridine rings is 1. The number of hydrogen-bond acceptors (Lipinski definition) is 2. The summed E-state index contributed by atoms with van der Waals surface area (Å²) in [6.45, 7) is 0. The molecule has 74 valence electrons. The molecule has 0 saturated carbocycles. The van der Waals surface area contributed by atoms with Crippen LogP contribution in [-0.2, 0) is 0 Å². The summed E-state index contributed by atoms with van der Waals surface area (Å²) >= 11 is 15.4. The van der Waals surface area contributed by atoms with Gasteiger partial charge in [0.1, 0.15) is 6.07 Å². The summed E-state index contributed by atoms with van der Waals surface area (Å²) in [5, 5.41) is 10.2. The van der Waals surface area contributed by atoms with Gasteiger partial charge in [-0.05, 0) is 28.1 Å². The van der Waals surface area contributed by atoms with Crippen molar-refractivity contribution in [1.29, 1.82) is 5.26 Å². The third kappa shape index (κ3) is 1.69. The van der Waals surface area contributed by atoms with E-state index in [2.05, 4.69) is 20.9 Å². The lowest BCUT2D eigenvalue weighted by Gasteiger charge is -2.05. The number of rotatable bonds is 0. The lowest BCUT2D eigenvalue weighted by atomic mass is 10.2. The average Bonchev–Trinajstić information content (AvgIpc) is 2.23. The molecule has 1 heterocycles. The molecule has 0 amide bonds. The van der Waals surface area contributed by atoms with Crippen LogP contribution in [0.5, 0.6) is 0 Å². The molecule has 0 bridgehead atoms. The Bertz CT molecular complexity index is 590. The fourth-order valence-corrected chi connectivity index (χ4v) is 2.29. The highest BCUT2D eigenvalue weighted by molar-refractivity contribution is 9.10. The van der Waals surface area contributed by atoms with Gasteiger partial charge in [-0.1, -0.05) is 23.2 Å². The molecule has 0 unspecified atom stereocenters. The minimum absolute atomic E-state index is 0.323. The van der Waals surface area contributed by atoms with Crippen molar-refractivity contribution in [2.75, 3.05) is 0 Å². The van der Waals surface area contributed by atoms with Crippen molar-refractivity contribution in [3.8, 4) is 6.07 Å². The molecule has 15 heavy (non-hydrogen) atoms. The number of aromatic nitrogens is 1. The maximum absolute atomic E-state index is 8.81. The zero-order chi connectivity index (χ0) is 11.0. The first-order valence-corrected chi connectivity index (χ1v) is 5.52. The molecule has 2 rings (SSSR count). The molecule has 1 aromatic carbocycles. The van der Waals surface area contributed by atoms with Gasteiger partial charge in [0.2, 0.25) is 0 Å². The Morgan fingerprint density at radius 3 is 2.73 bits per heavy atom. The highest BCUT2D eigenvalue weighted by Crippen LogP contribution is 2.34. The lowest BCUT2D eigenvalue weighted by Crippen LogP contribution is -1.87. The monoisotopic (exact) mass is 300 g/mol. The summed E-state index contributed by atoms with van der Waals surface area (Å²) in [6, 6.07) is 5.47. The van der Waals surface area contributed by atoms with Gasteiger partial charge >= 0.3 is 0 Å². The predicted octanol–water partition coefficient (Wildman–Crippen LogP) is 4.18. The molecule has 2 aromatic rings. The van der Waals surface area contributed by atoms with E-state index in [-0.39, 0.29) is 0 Å². The van der Waals surface area contributed by atoms with Crippen LogP contribution in [0.25, 0.3) is 10.9 Å². The molecule has 0 radical (unpaired) electrons. The van der Waals surface area contributed by atoms with E-state index in [0.717, 1.165) is 4.47 Å². The van der Waals surface area contributed by atoms with Gasteiger partial charge in [0.05, 0.1) is 21.1 Å².